The van der Waals surface area contributed by atoms with Gasteiger partial charge in [-0.25, -0.2) is 19.2 Å². The zero-order valence-corrected chi connectivity index (χ0v) is 18.7. The monoisotopic (exact) mass is 466 g/mol. The summed E-state index contributed by atoms with van der Waals surface area (Å²) in [5.41, 5.74) is -0.0341. The fraction of sp³-hybridized carbons (Fsp3) is 0.333. The predicted octanol–water partition coefficient (Wildman–Crippen LogP) is 2.89. The van der Waals surface area contributed by atoms with Crippen LogP contribution >= 0.6 is 11.6 Å². The zero-order chi connectivity index (χ0) is 23.9. The van der Waals surface area contributed by atoms with Crippen LogP contribution in [0.2, 0.25) is 5.02 Å². The Bertz CT molecular complexity index is 942. The van der Waals surface area contributed by atoms with Crippen LogP contribution in [0.25, 0.3) is 0 Å². The number of hydrogen-bond acceptors (Lipinski definition) is 10. The summed E-state index contributed by atoms with van der Waals surface area (Å²) in [6.07, 6.45) is 2.24. The number of benzene rings is 1. The molecule has 1 aliphatic rings. The topological polar surface area (TPSA) is 129 Å². The van der Waals surface area contributed by atoms with Gasteiger partial charge in [0.25, 0.3) is 5.79 Å². The van der Waals surface area contributed by atoms with Crippen molar-refractivity contribution < 1.29 is 38.1 Å². The third-order valence-corrected chi connectivity index (χ3v) is 4.07. The Labute approximate surface area is 189 Å². The lowest BCUT2D eigenvalue weighted by Gasteiger charge is -2.29. The normalized spacial score (nSPS) is 14.5. The molecule has 0 unspecified atom stereocenters. The van der Waals surface area contributed by atoms with Crippen LogP contribution in [0.4, 0.5) is 11.4 Å². The van der Waals surface area contributed by atoms with Crippen molar-refractivity contribution in [3.63, 3.8) is 0 Å². The zero-order valence-electron chi connectivity index (χ0n) is 17.9. The summed E-state index contributed by atoms with van der Waals surface area (Å²) in [7, 11) is 0. The number of anilines is 2. The van der Waals surface area contributed by atoms with Crippen LogP contribution < -0.4 is 10.6 Å². The van der Waals surface area contributed by atoms with Crippen molar-refractivity contribution in [2.24, 2.45) is 0 Å². The predicted molar refractivity (Wildman–Crippen MR) is 114 cm³/mol. The molecule has 11 heteroatoms. The Balaban J connectivity index is 2.30. The smallest absolute Gasteiger partial charge is 0.350 e. The van der Waals surface area contributed by atoms with Crippen molar-refractivity contribution in [2.75, 3.05) is 23.8 Å². The average molecular weight is 467 g/mol. The molecule has 0 aromatic heterocycles. The molecule has 172 valence electrons. The number of carbonyl (C=O) groups is 4. The van der Waals surface area contributed by atoms with Gasteiger partial charge < -0.3 is 29.6 Å². The summed E-state index contributed by atoms with van der Waals surface area (Å²) in [5, 5.41) is 5.91. The third-order valence-electron chi connectivity index (χ3n) is 3.83. The molecule has 0 amide bonds. The van der Waals surface area contributed by atoms with Crippen molar-refractivity contribution in [1.29, 1.82) is 0 Å². The Hall–Kier alpha value is -3.53. The minimum Gasteiger partial charge on any atom is -0.462 e. The van der Waals surface area contributed by atoms with Gasteiger partial charge >= 0.3 is 23.9 Å². The largest absolute Gasteiger partial charge is 0.462 e. The highest BCUT2D eigenvalue weighted by molar-refractivity contribution is 6.31. The molecule has 1 saturated heterocycles. The highest BCUT2D eigenvalue weighted by atomic mass is 35.5. The molecule has 2 N–H and O–H groups in total. The lowest BCUT2D eigenvalue weighted by molar-refractivity contribution is -0.222. The molecule has 0 bridgehead atoms. The van der Waals surface area contributed by atoms with Gasteiger partial charge in [-0.15, -0.1) is 0 Å². The molecular formula is C21H23ClN2O8. The van der Waals surface area contributed by atoms with Gasteiger partial charge in [0, 0.05) is 31.3 Å². The maximum Gasteiger partial charge on any atom is 0.350 e. The minimum absolute atomic E-state index is 0.0694. The highest BCUT2D eigenvalue weighted by Gasteiger charge is 2.39. The molecule has 0 radical (unpaired) electrons. The second-order valence-electron chi connectivity index (χ2n) is 6.71. The van der Waals surface area contributed by atoms with E-state index in [2.05, 4.69) is 10.6 Å². The quantitative estimate of drug-likeness (QED) is 0.194. The van der Waals surface area contributed by atoms with E-state index in [0.29, 0.717) is 16.4 Å². The van der Waals surface area contributed by atoms with E-state index in [9.17, 15) is 19.2 Å². The summed E-state index contributed by atoms with van der Waals surface area (Å²) in [6, 6.07) is 4.59. The number of hydrogen-bond donors (Lipinski definition) is 2. The molecule has 0 spiro atoms. The first kappa shape index (κ1) is 24.7. The molecule has 32 heavy (non-hydrogen) atoms. The van der Waals surface area contributed by atoms with Crippen LogP contribution in [-0.2, 0) is 38.1 Å². The van der Waals surface area contributed by atoms with Crippen LogP contribution in [0, 0.1) is 0 Å². The van der Waals surface area contributed by atoms with Crippen molar-refractivity contribution in [3.05, 3.63) is 46.8 Å². The first-order valence-electron chi connectivity index (χ1n) is 9.61. The standard InChI is InChI=1S/C21H23ClN2O8/c1-5-29-17(25)13(18(26)30-6-2)10-23-15-8-7-12(22)9-16(15)24-11-14-19(27)31-21(3,4)32-20(14)28/h7-11,23-24H,5-6H2,1-4H3. The fourth-order valence-corrected chi connectivity index (χ4v) is 2.63. The number of rotatable bonds is 8. The number of esters is 4. The van der Waals surface area contributed by atoms with Gasteiger partial charge in [-0.05, 0) is 32.0 Å². The minimum atomic E-state index is -1.37. The molecule has 1 aromatic rings. The molecule has 1 aromatic carbocycles. The van der Waals surface area contributed by atoms with E-state index in [1.807, 2.05) is 0 Å². The van der Waals surface area contributed by atoms with Crippen molar-refractivity contribution >= 4 is 46.9 Å². The summed E-state index contributed by atoms with van der Waals surface area (Å²) >= 11 is 6.04. The van der Waals surface area contributed by atoms with Crippen molar-refractivity contribution in [1.82, 2.24) is 0 Å². The molecule has 10 nitrogen and oxygen atoms in total. The van der Waals surface area contributed by atoms with Gasteiger partial charge in [-0.3, -0.25) is 0 Å². The highest BCUT2D eigenvalue weighted by Crippen LogP contribution is 2.28. The maximum atomic E-state index is 12.1. The van der Waals surface area contributed by atoms with Gasteiger partial charge in [0.1, 0.15) is 0 Å². The summed E-state index contributed by atoms with van der Waals surface area (Å²) < 4.78 is 19.8. The molecule has 0 saturated carbocycles. The van der Waals surface area contributed by atoms with Gasteiger partial charge in [-0.1, -0.05) is 11.6 Å². The van der Waals surface area contributed by atoms with Gasteiger partial charge in [-0.2, -0.15) is 0 Å². The van der Waals surface area contributed by atoms with Crippen LogP contribution in [0.1, 0.15) is 27.7 Å². The molecule has 1 aliphatic heterocycles. The van der Waals surface area contributed by atoms with E-state index in [-0.39, 0.29) is 24.4 Å². The van der Waals surface area contributed by atoms with Crippen LogP contribution in [0.3, 0.4) is 0 Å². The average Bonchev–Trinajstić information content (AvgIpc) is 2.68. The van der Waals surface area contributed by atoms with E-state index in [1.54, 1.807) is 26.0 Å². The molecule has 2 rings (SSSR count). The Kier molecular flexibility index (Phi) is 8.25. The molecule has 1 heterocycles. The lowest BCUT2D eigenvalue weighted by Crippen LogP contribution is -2.42. The van der Waals surface area contributed by atoms with Gasteiger partial charge in [0.2, 0.25) is 0 Å². The Morgan fingerprint density at radius 2 is 1.56 bits per heavy atom. The summed E-state index contributed by atoms with van der Waals surface area (Å²) in [4.78, 5) is 48.4. The first-order chi connectivity index (χ1) is 15.1. The fourth-order valence-electron chi connectivity index (χ4n) is 2.46. The van der Waals surface area contributed by atoms with Crippen LogP contribution in [0.5, 0.6) is 0 Å². The van der Waals surface area contributed by atoms with E-state index in [0.717, 1.165) is 12.4 Å². The van der Waals surface area contributed by atoms with E-state index >= 15 is 0 Å². The van der Waals surface area contributed by atoms with Crippen LogP contribution in [-0.4, -0.2) is 42.9 Å². The number of cyclic esters (lactones) is 2. The van der Waals surface area contributed by atoms with Gasteiger partial charge in [0.15, 0.2) is 11.1 Å². The SMILES string of the molecule is CCOC(=O)C(=CNc1ccc(Cl)cc1NC=C1C(=O)OC(C)(C)OC1=O)C(=O)OCC. The Morgan fingerprint density at radius 1 is 1.00 bits per heavy atom. The number of carbonyl (C=O) groups excluding carboxylic acids is 4. The number of halogens is 1. The Morgan fingerprint density at radius 3 is 2.09 bits per heavy atom. The van der Waals surface area contributed by atoms with Crippen LogP contribution in [0.15, 0.2) is 41.7 Å². The second-order valence-corrected chi connectivity index (χ2v) is 7.15. The molecule has 1 fully saturated rings. The maximum absolute atomic E-state index is 12.1. The number of nitrogens with one attached hydrogen (secondary N) is 2. The number of ether oxygens (including phenoxy) is 4. The second kappa shape index (κ2) is 10.7. The summed E-state index contributed by atoms with van der Waals surface area (Å²) in [5.74, 6) is -4.81. The lowest BCUT2D eigenvalue weighted by atomic mass is 10.2. The van der Waals surface area contributed by atoms with E-state index in [1.165, 1.54) is 19.9 Å². The van der Waals surface area contributed by atoms with Gasteiger partial charge in [0.05, 0.1) is 24.6 Å². The van der Waals surface area contributed by atoms with Crippen molar-refractivity contribution in [3.8, 4) is 0 Å². The summed E-state index contributed by atoms with van der Waals surface area (Å²) in [6.45, 7) is 6.21. The van der Waals surface area contributed by atoms with Crippen molar-refractivity contribution in [2.45, 2.75) is 33.5 Å². The molecule has 0 aliphatic carbocycles. The molecule has 0 atom stereocenters. The molecular weight excluding hydrogens is 444 g/mol. The van der Waals surface area contributed by atoms with E-state index < -0.39 is 29.7 Å². The first-order valence-corrected chi connectivity index (χ1v) is 9.99. The van der Waals surface area contributed by atoms with E-state index in [4.69, 9.17) is 30.5 Å². The third kappa shape index (κ3) is 6.48.